The van der Waals surface area contributed by atoms with E-state index in [1.165, 1.54) is 56.9 Å². The molecule has 150 valence electrons. The predicted octanol–water partition coefficient (Wildman–Crippen LogP) is 7.27. The summed E-state index contributed by atoms with van der Waals surface area (Å²) in [5.74, 6) is 4.22. The molecule has 0 spiro atoms. The molecule has 0 radical (unpaired) electrons. The van der Waals surface area contributed by atoms with Crippen LogP contribution in [-0.4, -0.2) is 5.97 Å². The van der Waals surface area contributed by atoms with Crippen LogP contribution in [0.5, 0.6) is 5.75 Å². The highest BCUT2D eigenvalue weighted by molar-refractivity contribution is 5.72. The zero-order valence-electron chi connectivity index (χ0n) is 17.4. The molecule has 2 nitrogen and oxygen atoms in total. The average molecular weight is 371 g/mol. The van der Waals surface area contributed by atoms with Crippen LogP contribution >= 0.6 is 0 Å². The molecular weight excluding hydrogens is 332 g/mol. The molecule has 27 heavy (non-hydrogen) atoms. The highest BCUT2D eigenvalue weighted by Gasteiger charge is 2.30. The van der Waals surface area contributed by atoms with Crippen molar-refractivity contribution in [2.24, 2.45) is 17.8 Å². The molecule has 0 saturated heterocycles. The molecule has 1 aromatic carbocycles. The number of unbranched alkanes of at least 4 members (excludes halogenated alkanes) is 2. The summed E-state index contributed by atoms with van der Waals surface area (Å²) in [4.78, 5) is 11.9. The fourth-order valence-corrected chi connectivity index (χ4v) is 5.19. The summed E-state index contributed by atoms with van der Waals surface area (Å²) < 4.78 is 5.47. The van der Waals surface area contributed by atoms with E-state index in [1.54, 1.807) is 0 Å². The largest absolute Gasteiger partial charge is 0.427 e. The van der Waals surface area contributed by atoms with E-state index >= 15 is 0 Å². The Morgan fingerprint density at radius 3 is 2.07 bits per heavy atom. The van der Waals surface area contributed by atoms with Crippen molar-refractivity contribution in [3.63, 3.8) is 0 Å². The summed E-state index contributed by atoms with van der Waals surface area (Å²) in [7, 11) is 0. The minimum Gasteiger partial charge on any atom is -0.427 e. The molecular formula is C25H38O2. The monoisotopic (exact) mass is 370 g/mol. The molecule has 0 unspecified atom stereocenters. The Morgan fingerprint density at radius 2 is 1.48 bits per heavy atom. The van der Waals surface area contributed by atoms with Crippen molar-refractivity contribution in [2.75, 3.05) is 0 Å². The van der Waals surface area contributed by atoms with Gasteiger partial charge in [-0.3, -0.25) is 4.79 Å². The van der Waals surface area contributed by atoms with Crippen molar-refractivity contribution >= 4 is 5.97 Å². The Labute approximate surface area is 166 Å². The summed E-state index contributed by atoms with van der Waals surface area (Å²) in [5.41, 5.74) is 1.43. The van der Waals surface area contributed by atoms with Crippen molar-refractivity contribution in [1.82, 2.24) is 0 Å². The lowest BCUT2D eigenvalue weighted by molar-refractivity contribution is -0.134. The van der Waals surface area contributed by atoms with Gasteiger partial charge in [0.1, 0.15) is 5.75 Å². The van der Waals surface area contributed by atoms with Gasteiger partial charge in [0.2, 0.25) is 0 Å². The van der Waals surface area contributed by atoms with Crippen molar-refractivity contribution < 1.29 is 9.53 Å². The molecule has 0 aromatic heterocycles. The Kier molecular flexibility index (Phi) is 7.79. The third-order valence-corrected chi connectivity index (χ3v) is 7.07. The first-order valence-electron chi connectivity index (χ1n) is 11.5. The zero-order chi connectivity index (χ0) is 19.1. The van der Waals surface area contributed by atoms with Crippen molar-refractivity contribution in [2.45, 2.75) is 96.8 Å². The van der Waals surface area contributed by atoms with Gasteiger partial charge in [0.15, 0.2) is 0 Å². The SMILES string of the molecule is CCCCCC(=O)Oc1ccc(C2CCC(C3CCC(C)CC3)CC2)cc1. The lowest BCUT2D eigenvalue weighted by Crippen LogP contribution is -2.24. The molecule has 2 aliphatic rings. The third-order valence-electron chi connectivity index (χ3n) is 7.07. The molecule has 2 aliphatic carbocycles. The molecule has 0 aliphatic heterocycles. The van der Waals surface area contributed by atoms with Crippen LogP contribution in [-0.2, 0) is 4.79 Å². The fraction of sp³-hybridized carbons (Fsp3) is 0.720. The van der Waals surface area contributed by atoms with Crippen LogP contribution in [0.2, 0.25) is 0 Å². The molecule has 0 heterocycles. The van der Waals surface area contributed by atoms with E-state index in [0.717, 1.165) is 37.0 Å². The van der Waals surface area contributed by atoms with Gasteiger partial charge in [-0.05, 0) is 86.3 Å². The summed E-state index contributed by atoms with van der Waals surface area (Å²) in [6.07, 6.45) is 15.0. The van der Waals surface area contributed by atoms with Gasteiger partial charge >= 0.3 is 5.97 Å². The number of rotatable bonds is 7. The second kappa shape index (κ2) is 10.3. The topological polar surface area (TPSA) is 26.3 Å². The maximum atomic E-state index is 11.9. The van der Waals surface area contributed by atoms with E-state index in [4.69, 9.17) is 4.74 Å². The number of carbonyl (C=O) groups is 1. The van der Waals surface area contributed by atoms with Crippen LogP contribution < -0.4 is 4.74 Å². The van der Waals surface area contributed by atoms with E-state index in [9.17, 15) is 4.79 Å². The Balaban J connectivity index is 1.44. The number of hydrogen-bond acceptors (Lipinski definition) is 2. The van der Waals surface area contributed by atoms with E-state index in [0.29, 0.717) is 18.1 Å². The fourth-order valence-electron chi connectivity index (χ4n) is 5.19. The third kappa shape index (κ3) is 6.09. The lowest BCUT2D eigenvalue weighted by atomic mass is 9.68. The average Bonchev–Trinajstić information content (AvgIpc) is 2.70. The number of esters is 1. The van der Waals surface area contributed by atoms with Crippen LogP contribution in [0.3, 0.4) is 0 Å². The van der Waals surface area contributed by atoms with Gasteiger partial charge < -0.3 is 4.74 Å². The first-order chi connectivity index (χ1) is 13.2. The molecule has 1 aromatic rings. The summed E-state index contributed by atoms with van der Waals surface area (Å²) in [6, 6.07) is 8.34. The highest BCUT2D eigenvalue weighted by Crippen LogP contribution is 2.43. The van der Waals surface area contributed by atoms with Crippen LogP contribution in [0.15, 0.2) is 24.3 Å². The minimum atomic E-state index is -0.0986. The number of hydrogen-bond donors (Lipinski definition) is 0. The zero-order valence-corrected chi connectivity index (χ0v) is 17.4. The first-order valence-corrected chi connectivity index (χ1v) is 11.5. The van der Waals surface area contributed by atoms with E-state index in [-0.39, 0.29) is 5.97 Å². The smallest absolute Gasteiger partial charge is 0.311 e. The van der Waals surface area contributed by atoms with Crippen molar-refractivity contribution in [3.8, 4) is 5.75 Å². The molecule has 0 bridgehead atoms. The summed E-state index contributed by atoms with van der Waals surface area (Å²) >= 11 is 0. The predicted molar refractivity (Wildman–Crippen MR) is 112 cm³/mol. The Morgan fingerprint density at radius 1 is 0.889 bits per heavy atom. The van der Waals surface area contributed by atoms with Crippen LogP contribution in [0.25, 0.3) is 0 Å². The number of benzene rings is 1. The Hall–Kier alpha value is -1.31. The quantitative estimate of drug-likeness (QED) is 0.286. The van der Waals surface area contributed by atoms with Gasteiger partial charge in [0, 0.05) is 6.42 Å². The summed E-state index contributed by atoms with van der Waals surface area (Å²) in [6.45, 7) is 4.56. The Bertz CT molecular complexity index is 560. The summed E-state index contributed by atoms with van der Waals surface area (Å²) in [5, 5.41) is 0. The normalized spacial score (nSPS) is 28.7. The molecule has 3 rings (SSSR count). The van der Waals surface area contributed by atoms with Gasteiger partial charge in [-0.15, -0.1) is 0 Å². The second-order valence-electron chi connectivity index (χ2n) is 9.13. The molecule has 2 saturated carbocycles. The van der Waals surface area contributed by atoms with Gasteiger partial charge in [-0.1, -0.05) is 51.7 Å². The lowest BCUT2D eigenvalue weighted by Gasteiger charge is -2.37. The molecule has 0 amide bonds. The van der Waals surface area contributed by atoms with Crippen LogP contribution in [0, 0.1) is 17.8 Å². The van der Waals surface area contributed by atoms with Crippen molar-refractivity contribution in [3.05, 3.63) is 29.8 Å². The first kappa shape index (κ1) is 20.4. The molecule has 0 N–H and O–H groups in total. The number of ether oxygens (including phenoxy) is 1. The van der Waals surface area contributed by atoms with Gasteiger partial charge in [-0.25, -0.2) is 0 Å². The van der Waals surface area contributed by atoms with Crippen molar-refractivity contribution in [1.29, 1.82) is 0 Å². The van der Waals surface area contributed by atoms with Gasteiger partial charge in [-0.2, -0.15) is 0 Å². The minimum absolute atomic E-state index is 0.0986. The highest BCUT2D eigenvalue weighted by atomic mass is 16.5. The van der Waals surface area contributed by atoms with Crippen LogP contribution in [0.4, 0.5) is 0 Å². The van der Waals surface area contributed by atoms with Crippen LogP contribution in [0.1, 0.15) is 102 Å². The van der Waals surface area contributed by atoms with E-state index < -0.39 is 0 Å². The van der Waals surface area contributed by atoms with E-state index in [1.807, 2.05) is 12.1 Å². The van der Waals surface area contributed by atoms with Gasteiger partial charge in [0.25, 0.3) is 0 Å². The molecule has 2 heteroatoms. The maximum absolute atomic E-state index is 11.9. The maximum Gasteiger partial charge on any atom is 0.311 e. The van der Waals surface area contributed by atoms with E-state index in [2.05, 4.69) is 26.0 Å². The second-order valence-corrected chi connectivity index (χ2v) is 9.13. The number of carbonyl (C=O) groups excluding carboxylic acids is 1. The molecule has 0 atom stereocenters. The molecule has 2 fully saturated rings. The van der Waals surface area contributed by atoms with Gasteiger partial charge in [0.05, 0.1) is 0 Å². The standard InChI is InChI=1S/C25H38O2/c1-3-4-5-6-25(26)27-24-17-15-23(16-18-24)22-13-11-21(12-14-22)20-9-7-19(2)8-10-20/h15-22H,3-14H2,1-2H3.